The van der Waals surface area contributed by atoms with Gasteiger partial charge in [0.25, 0.3) is 0 Å². The third-order valence-corrected chi connectivity index (χ3v) is 3.56. The number of aliphatic hydroxyl groups is 1. The maximum atomic E-state index is 10.3. The van der Waals surface area contributed by atoms with Crippen molar-refractivity contribution < 1.29 is 5.11 Å². The van der Waals surface area contributed by atoms with Crippen LogP contribution in [0.1, 0.15) is 28.4 Å². The fourth-order valence-corrected chi connectivity index (χ4v) is 2.34. The fraction of sp³-hybridized carbons (Fsp3) is 0.250. The summed E-state index contributed by atoms with van der Waals surface area (Å²) < 4.78 is 0. The molecule has 0 aliphatic heterocycles. The molecule has 1 nitrogen and oxygen atoms in total. The van der Waals surface area contributed by atoms with Gasteiger partial charge in [0.05, 0.1) is 6.10 Å². The van der Waals surface area contributed by atoms with Crippen molar-refractivity contribution in [1.29, 1.82) is 0 Å². The summed E-state index contributed by atoms with van der Waals surface area (Å²) in [6.45, 7) is 4.11. The number of aryl methyl sites for hydroxylation is 1. The Kier molecular flexibility index (Phi) is 4.05. The lowest BCUT2D eigenvalue weighted by Gasteiger charge is -2.15. The Morgan fingerprint density at radius 3 is 2.56 bits per heavy atom. The largest absolute Gasteiger partial charge is 0.388 e. The number of hydrogen-bond donors (Lipinski definition) is 1. The topological polar surface area (TPSA) is 20.2 Å². The highest BCUT2D eigenvalue weighted by Crippen LogP contribution is 2.24. The molecule has 0 radical (unpaired) electrons. The summed E-state index contributed by atoms with van der Waals surface area (Å²) in [4.78, 5) is 0. The standard InChI is InChI=1S/C16H17ClO/c1-11-5-3-8-15(12(11)2)16(18)10-13-6-4-7-14(17)9-13/h3-9,16,18H,10H2,1-2H3. The van der Waals surface area contributed by atoms with E-state index in [-0.39, 0.29) is 0 Å². The highest BCUT2D eigenvalue weighted by Gasteiger charge is 2.12. The SMILES string of the molecule is Cc1cccc(C(O)Cc2cccc(Cl)c2)c1C. The van der Waals surface area contributed by atoms with Crippen molar-refractivity contribution in [2.24, 2.45) is 0 Å². The second-order valence-corrected chi connectivity index (χ2v) is 5.08. The Hall–Kier alpha value is -1.31. The molecule has 18 heavy (non-hydrogen) atoms. The molecular weight excluding hydrogens is 244 g/mol. The molecule has 0 aliphatic carbocycles. The first kappa shape index (κ1) is 13.1. The minimum atomic E-state index is -0.483. The van der Waals surface area contributed by atoms with Crippen LogP contribution < -0.4 is 0 Å². The maximum absolute atomic E-state index is 10.3. The Balaban J connectivity index is 2.22. The number of rotatable bonds is 3. The van der Waals surface area contributed by atoms with Gasteiger partial charge in [0.2, 0.25) is 0 Å². The van der Waals surface area contributed by atoms with Crippen LogP contribution in [0.3, 0.4) is 0 Å². The molecule has 0 saturated heterocycles. The van der Waals surface area contributed by atoms with Crippen LogP contribution in [0.2, 0.25) is 5.02 Å². The van der Waals surface area contributed by atoms with E-state index in [2.05, 4.69) is 13.0 Å². The van der Waals surface area contributed by atoms with Crippen LogP contribution in [0.25, 0.3) is 0 Å². The van der Waals surface area contributed by atoms with E-state index < -0.39 is 6.10 Å². The molecule has 94 valence electrons. The van der Waals surface area contributed by atoms with Gasteiger partial charge in [0.15, 0.2) is 0 Å². The highest BCUT2D eigenvalue weighted by atomic mass is 35.5. The van der Waals surface area contributed by atoms with Gasteiger partial charge in [-0.15, -0.1) is 0 Å². The Labute approximate surface area is 113 Å². The number of benzene rings is 2. The first-order valence-electron chi connectivity index (χ1n) is 6.06. The zero-order valence-electron chi connectivity index (χ0n) is 10.7. The van der Waals surface area contributed by atoms with Gasteiger partial charge in [-0.05, 0) is 48.2 Å². The van der Waals surface area contributed by atoms with E-state index in [4.69, 9.17) is 11.6 Å². The second kappa shape index (κ2) is 5.55. The predicted molar refractivity (Wildman–Crippen MR) is 76.0 cm³/mol. The zero-order valence-corrected chi connectivity index (χ0v) is 11.4. The monoisotopic (exact) mass is 260 g/mol. The second-order valence-electron chi connectivity index (χ2n) is 4.64. The van der Waals surface area contributed by atoms with Gasteiger partial charge in [0, 0.05) is 11.4 Å². The van der Waals surface area contributed by atoms with Crippen LogP contribution in [-0.4, -0.2) is 5.11 Å². The molecule has 1 unspecified atom stereocenters. The summed E-state index contributed by atoms with van der Waals surface area (Å²) >= 11 is 5.95. The van der Waals surface area contributed by atoms with Crippen molar-refractivity contribution in [2.45, 2.75) is 26.4 Å². The number of aliphatic hydroxyl groups excluding tert-OH is 1. The van der Waals surface area contributed by atoms with E-state index in [1.54, 1.807) is 0 Å². The lowest BCUT2D eigenvalue weighted by molar-refractivity contribution is 0.177. The van der Waals surface area contributed by atoms with Crippen LogP contribution in [0, 0.1) is 13.8 Å². The summed E-state index contributed by atoms with van der Waals surface area (Å²) in [5.74, 6) is 0. The first-order valence-corrected chi connectivity index (χ1v) is 6.44. The summed E-state index contributed by atoms with van der Waals surface area (Å²) in [7, 11) is 0. The Bertz CT molecular complexity index is 549. The summed E-state index contributed by atoms with van der Waals surface area (Å²) in [5, 5.41) is 11.0. The lowest BCUT2D eigenvalue weighted by Crippen LogP contribution is -2.04. The van der Waals surface area contributed by atoms with E-state index in [0.717, 1.165) is 16.7 Å². The van der Waals surface area contributed by atoms with E-state index >= 15 is 0 Å². The van der Waals surface area contributed by atoms with Crippen LogP contribution in [-0.2, 0) is 6.42 Å². The molecular formula is C16H17ClO. The zero-order chi connectivity index (χ0) is 13.1. The highest BCUT2D eigenvalue weighted by molar-refractivity contribution is 6.30. The van der Waals surface area contributed by atoms with Crippen LogP contribution in [0.5, 0.6) is 0 Å². The molecule has 0 saturated carbocycles. The average Bonchev–Trinajstić information content (AvgIpc) is 2.32. The van der Waals surface area contributed by atoms with Crippen LogP contribution in [0.15, 0.2) is 42.5 Å². The van der Waals surface area contributed by atoms with Gasteiger partial charge >= 0.3 is 0 Å². The normalized spacial score (nSPS) is 12.4. The summed E-state index contributed by atoms with van der Waals surface area (Å²) in [6.07, 6.45) is 0.105. The van der Waals surface area contributed by atoms with Crippen LogP contribution >= 0.6 is 11.6 Å². The molecule has 0 amide bonds. The van der Waals surface area contributed by atoms with Crippen LogP contribution in [0.4, 0.5) is 0 Å². The molecule has 2 rings (SSSR count). The molecule has 0 aliphatic rings. The quantitative estimate of drug-likeness (QED) is 0.876. The molecule has 2 aromatic carbocycles. The smallest absolute Gasteiger partial charge is 0.0833 e. The van der Waals surface area contributed by atoms with Gasteiger partial charge in [-0.2, -0.15) is 0 Å². The Morgan fingerprint density at radius 1 is 1.11 bits per heavy atom. The Morgan fingerprint density at radius 2 is 1.83 bits per heavy atom. The van der Waals surface area contributed by atoms with Gasteiger partial charge in [-0.1, -0.05) is 41.9 Å². The number of hydrogen-bond acceptors (Lipinski definition) is 1. The molecule has 0 fully saturated rings. The van der Waals surface area contributed by atoms with Gasteiger partial charge in [-0.25, -0.2) is 0 Å². The lowest BCUT2D eigenvalue weighted by atomic mass is 9.95. The van der Waals surface area contributed by atoms with E-state index in [1.165, 1.54) is 5.56 Å². The molecule has 0 bridgehead atoms. The molecule has 1 atom stereocenters. The molecule has 0 aromatic heterocycles. The minimum absolute atomic E-state index is 0.483. The third-order valence-electron chi connectivity index (χ3n) is 3.32. The van der Waals surface area contributed by atoms with Gasteiger partial charge in [-0.3, -0.25) is 0 Å². The maximum Gasteiger partial charge on any atom is 0.0833 e. The fourth-order valence-electron chi connectivity index (χ4n) is 2.13. The molecule has 2 aromatic rings. The van der Waals surface area contributed by atoms with Gasteiger partial charge < -0.3 is 5.11 Å². The van der Waals surface area contributed by atoms with Crippen molar-refractivity contribution in [3.63, 3.8) is 0 Å². The third kappa shape index (κ3) is 2.92. The van der Waals surface area contributed by atoms with Crippen molar-refractivity contribution in [2.75, 3.05) is 0 Å². The summed E-state index contributed by atoms with van der Waals surface area (Å²) in [5.41, 5.74) is 4.41. The van der Waals surface area contributed by atoms with Crippen molar-refractivity contribution in [1.82, 2.24) is 0 Å². The first-order chi connectivity index (χ1) is 8.58. The van der Waals surface area contributed by atoms with Crippen molar-refractivity contribution >= 4 is 11.6 Å². The van der Waals surface area contributed by atoms with Crippen molar-refractivity contribution in [3.8, 4) is 0 Å². The predicted octanol–water partition coefficient (Wildman–Crippen LogP) is 4.23. The van der Waals surface area contributed by atoms with E-state index in [0.29, 0.717) is 11.4 Å². The number of halogens is 1. The minimum Gasteiger partial charge on any atom is -0.388 e. The molecule has 0 spiro atoms. The van der Waals surface area contributed by atoms with Gasteiger partial charge in [0.1, 0.15) is 0 Å². The van der Waals surface area contributed by atoms with Crippen molar-refractivity contribution in [3.05, 3.63) is 69.7 Å². The summed E-state index contributed by atoms with van der Waals surface area (Å²) in [6, 6.07) is 13.7. The van der Waals surface area contributed by atoms with E-state index in [9.17, 15) is 5.11 Å². The molecule has 0 heterocycles. The molecule has 2 heteroatoms. The van der Waals surface area contributed by atoms with E-state index in [1.807, 2.05) is 43.3 Å². The average molecular weight is 261 g/mol. The molecule has 1 N–H and O–H groups in total.